The lowest BCUT2D eigenvalue weighted by Gasteiger charge is -2.28. The number of Topliss-reactive ketones (excluding diaryl/α,β-unsaturated/α-hetero) is 2. The number of rotatable bonds is 4. The van der Waals surface area contributed by atoms with E-state index in [1.54, 1.807) is 47.6 Å². The van der Waals surface area contributed by atoms with Crippen molar-refractivity contribution in [2.75, 3.05) is 0 Å². The molecule has 2 aliphatic rings. The minimum atomic E-state index is -0.619. The van der Waals surface area contributed by atoms with Crippen molar-refractivity contribution >= 4 is 34.7 Å². The van der Waals surface area contributed by atoms with Crippen molar-refractivity contribution in [2.24, 2.45) is 0 Å². The summed E-state index contributed by atoms with van der Waals surface area (Å²) in [6.07, 6.45) is 7.49. The summed E-state index contributed by atoms with van der Waals surface area (Å²) in [5.74, 6) is -1.20. The number of carbonyl (C=O) groups is 4. The summed E-state index contributed by atoms with van der Waals surface area (Å²) in [5.41, 5.74) is 3.07. The number of hydrogen-bond acceptors (Lipinski definition) is 6. The summed E-state index contributed by atoms with van der Waals surface area (Å²) in [6, 6.07) is 6.98. The van der Waals surface area contributed by atoms with Crippen LogP contribution in [0.3, 0.4) is 0 Å². The van der Waals surface area contributed by atoms with Crippen LogP contribution in [0, 0.1) is 6.07 Å². The van der Waals surface area contributed by atoms with Gasteiger partial charge in [0.2, 0.25) is 0 Å². The van der Waals surface area contributed by atoms with Crippen molar-refractivity contribution in [3.8, 4) is 0 Å². The van der Waals surface area contributed by atoms with E-state index in [1.807, 2.05) is 18.2 Å². The molecule has 0 bridgehead atoms. The van der Waals surface area contributed by atoms with Gasteiger partial charge < -0.3 is 9.47 Å². The molecule has 0 N–H and O–H groups in total. The number of ketones is 2. The Bertz CT molecular complexity index is 1340. The highest BCUT2D eigenvalue weighted by Gasteiger charge is 2.31. The van der Waals surface area contributed by atoms with Crippen LogP contribution < -0.4 is 0 Å². The summed E-state index contributed by atoms with van der Waals surface area (Å²) in [5, 5.41) is 0. The van der Waals surface area contributed by atoms with Gasteiger partial charge in [0.15, 0.2) is 11.6 Å². The predicted molar refractivity (Wildman–Crippen MR) is 156 cm³/mol. The molecule has 1 aromatic carbocycles. The van der Waals surface area contributed by atoms with Crippen molar-refractivity contribution in [1.82, 2.24) is 0 Å². The highest BCUT2D eigenvalue weighted by Crippen LogP contribution is 2.40. The van der Waals surface area contributed by atoms with Crippen LogP contribution >= 0.6 is 0 Å². The SMILES string of the molecule is CC(C)(C)OC(=O)C=C1CC=C(c2[c]ccc(C(C)(C)C)c2C2=CCC(=CC(=O)OC(C)(C)C)CC2=O)C(=O)C1. The van der Waals surface area contributed by atoms with Crippen molar-refractivity contribution in [3.05, 3.63) is 70.3 Å². The van der Waals surface area contributed by atoms with E-state index >= 15 is 0 Å². The normalized spacial score (nSPS) is 18.9. The molecule has 0 atom stereocenters. The highest BCUT2D eigenvalue weighted by atomic mass is 16.6. The third-order valence-corrected chi connectivity index (χ3v) is 6.31. The first-order valence-electron chi connectivity index (χ1n) is 13.7. The maximum absolute atomic E-state index is 13.5. The van der Waals surface area contributed by atoms with Gasteiger partial charge in [0.1, 0.15) is 11.2 Å². The Morgan fingerprint density at radius 2 is 1.20 bits per heavy atom. The lowest BCUT2D eigenvalue weighted by Crippen LogP contribution is -2.23. The molecule has 1 radical (unpaired) electrons. The highest BCUT2D eigenvalue weighted by molar-refractivity contribution is 6.28. The van der Waals surface area contributed by atoms with Crippen molar-refractivity contribution in [3.63, 3.8) is 0 Å². The summed E-state index contributed by atoms with van der Waals surface area (Å²) < 4.78 is 10.8. The summed E-state index contributed by atoms with van der Waals surface area (Å²) in [4.78, 5) is 51.5. The number of carbonyl (C=O) groups excluding carboxylic acids is 4. The van der Waals surface area contributed by atoms with E-state index in [2.05, 4.69) is 26.8 Å². The number of benzene rings is 1. The van der Waals surface area contributed by atoms with Crippen LogP contribution in [0.5, 0.6) is 0 Å². The first-order valence-corrected chi connectivity index (χ1v) is 13.7. The maximum Gasteiger partial charge on any atom is 0.331 e. The average molecular weight is 546 g/mol. The van der Waals surface area contributed by atoms with E-state index in [1.165, 1.54) is 12.2 Å². The standard InChI is InChI=1S/C34H41O6/c1-32(2,3)26-12-10-11-24(23-15-13-21(17-27(23)35)19-29(37)39-33(4,5)6)31(26)25-16-14-22(18-28(25)36)20-30(38)40-34(7,8)9/h10,12,15-16,19-20H,13-14,17-18H2,1-9H3. The van der Waals surface area contributed by atoms with Crippen LogP contribution in [-0.2, 0) is 34.1 Å². The second-order valence-corrected chi connectivity index (χ2v) is 13.4. The molecule has 0 saturated heterocycles. The summed E-state index contributed by atoms with van der Waals surface area (Å²) >= 11 is 0. The molecular weight excluding hydrogens is 504 g/mol. The Kier molecular flexibility index (Phi) is 8.93. The Morgan fingerprint density at radius 1 is 0.750 bits per heavy atom. The molecule has 1 aromatic rings. The van der Waals surface area contributed by atoms with Gasteiger partial charge in [-0.1, -0.05) is 56.2 Å². The van der Waals surface area contributed by atoms with Crippen LogP contribution in [0.15, 0.2) is 47.6 Å². The van der Waals surface area contributed by atoms with Crippen LogP contribution in [0.25, 0.3) is 11.1 Å². The molecule has 0 heterocycles. The van der Waals surface area contributed by atoms with E-state index in [0.29, 0.717) is 46.3 Å². The molecular formula is C34H41O6. The lowest BCUT2D eigenvalue weighted by atomic mass is 9.74. The van der Waals surface area contributed by atoms with Gasteiger partial charge >= 0.3 is 11.9 Å². The smallest absolute Gasteiger partial charge is 0.331 e. The Balaban J connectivity index is 2.02. The third kappa shape index (κ3) is 8.23. The van der Waals surface area contributed by atoms with Gasteiger partial charge in [0.25, 0.3) is 0 Å². The van der Waals surface area contributed by atoms with Gasteiger partial charge in [-0.3, -0.25) is 9.59 Å². The molecule has 213 valence electrons. The van der Waals surface area contributed by atoms with E-state index in [4.69, 9.17) is 9.47 Å². The molecule has 0 spiro atoms. The van der Waals surface area contributed by atoms with Crippen LogP contribution in [0.2, 0.25) is 0 Å². The topological polar surface area (TPSA) is 86.7 Å². The van der Waals surface area contributed by atoms with E-state index in [9.17, 15) is 19.2 Å². The number of ether oxygens (including phenoxy) is 2. The zero-order valence-electron chi connectivity index (χ0n) is 25.2. The average Bonchev–Trinajstić information content (AvgIpc) is 2.76. The Hall–Kier alpha value is -3.54. The fourth-order valence-corrected chi connectivity index (χ4v) is 4.76. The third-order valence-electron chi connectivity index (χ3n) is 6.31. The van der Waals surface area contributed by atoms with Gasteiger partial charge in [-0.05, 0) is 77.0 Å². The minimum absolute atomic E-state index is 0.0911. The minimum Gasteiger partial charge on any atom is -0.457 e. The van der Waals surface area contributed by atoms with Gasteiger partial charge in [-0.15, -0.1) is 0 Å². The van der Waals surface area contributed by atoms with E-state index in [0.717, 1.165) is 5.56 Å². The van der Waals surface area contributed by atoms with Gasteiger partial charge in [0.05, 0.1) is 0 Å². The molecule has 0 aliphatic heterocycles. The molecule has 40 heavy (non-hydrogen) atoms. The molecule has 0 aromatic heterocycles. The zero-order valence-corrected chi connectivity index (χ0v) is 25.2. The largest absolute Gasteiger partial charge is 0.457 e. The molecule has 2 aliphatic carbocycles. The van der Waals surface area contributed by atoms with E-state index < -0.39 is 23.1 Å². The van der Waals surface area contributed by atoms with Crippen LogP contribution in [0.1, 0.15) is 105 Å². The molecule has 0 unspecified atom stereocenters. The fraction of sp³-hybridized carbons (Fsp3) is 0.471. The second-order valence-electron chi connectivity index (χ2n) is 13.4. The Morgan fingerprint density at radius 3 is 1.60 bits per heavy atom. The molecule has 0 amide bonds. The maximum atomic E-state index is 13.5. The summed E-state index contributed by atoms with van der Waals surface area (Å²) in [7, 11) is 0. The van der Waals surface area contributed by atoms with Crippen molar-refractivity contribution in [2.45, 2.75) is 105 Å². The lowest BCUT2D eigenvalue weighted by molar-refractivity contribution is -0.149. The molecule has 3 rings (SSSR count). The van der Waals surface area contributed by atoms with Gasteiger partial charge in [-0.25, -0.2) is 9.59 Å². The van der Waals surface area contributed by atoms with E-state index in [-0.39, 0.29) is 29.8 Å². The van der Waals surface area contributed by atoms with Gasteiger partial charge in [0, 0.05) is 41.7 Å². The zero-order chi connectivity index (χ0) is 30.0. The summed E-state index contributed by atoms with van der Waals surface area (Å²) in [6.45, 7) is 17.0. The fourth-order valence-electron chi connectivity index (χ4n) is 4.76. The predicted octanol–water partition coefficient (Wildman–Crippen LogP) is 6.81. The van der Waals surface area contributed by atoms with Crippen LogP contribution in [-0.4, -0.2) is 34.7 Å². The monoisotopic (exact) mass is 545 g/mol. The number of hydrogen-bond donors (Lipinski definition) is 0. The van der Waals surface area contributed by atoms with Crippen molar-refractivity contribution < 1.29 is 28.7 Å². The van der Waals surface area contributed by atoms with Crippen molar-refractivity contribution in [1.29, 1.82) is 0 Å². The number of esters is 2. The van der Waals surface area contributed by atoms with Gasteiger partial charge in [-0.2, -0.15) is 0 Å². The first kappa shape index (κ1) is 31.0. The second kappa shape index (κ2) is 11.5. The first-order chi connectivity index (χ1) is 18.3. The molecule has 0 saturated carbocycles. The molecule has 6 nitrogen and oxygen atoms in total. The van der Waals surface area contributed by atoms with Crippen LogP contribution in [0.4, 0.5) is 0 Å². The molecule has 0 fully saturated rings. The number of allylic oxidation sites excluding steroid dienone is 6. The Labute approximate surface area is 238 Å². The quantitative estimate of drug-likeness (QED) is 0.305. The molecule has 6 heteroatoms.